The Labute approximate surface area is 184 Å². The van der Waals surface area contributed by atoms with E-state index in [1.165, 1.54) is 0 Å². The second-order valence-electron chi connectivity index (χ2n) is 6.71. The smallest absolute Gasteiger partial charge is 0.310 e. The van der Waals surface area contributed by atoms with Crippen molar-refractivity contribution in [3.8, 4) is 16.9 Å². The summed E-state index contributed by atoms with van der Waals surface area (Å²) in [5.74, 6) is -1.80. The second-order valence-corrected chi connectivity index (χ2v) is 9.96. The average Bonchev–Trinajstić information content (AvgIpc) is 2.68. The molecule has 0 amide bonds. The fraction of sp³-hybridized carbons (Fsp3) is 0.333. The zero-order chi connectivity index (χ0) is 21.9. The second kappa shape index (κ2) is 9.42. The maximum Gasteiger partial charge on any atom is 0.310 e. The zero-order valence-electron chi connectivity index (χ0n) is 16.5. The third-order valence-electron chi connectivity index (χ3n) is 4.60. The lowest BCUT2D eigenvalue weighted by Gasteiger charge is -2.30. The van der Waals surface area contributed by atoms with E-state index in [0.29, 0.717) is 32.2 Å². The highest BCUT2D eigenvalue weighted by atomic mass is 35.5. The van der Waals surface area contributed by atoms with Crippen LogP contribution in [0, 0.1) is 5.92 Å². The molecule has 160 valence electrons. The lowest BCUT2D eigenvalue weighted by Crippen LogP contribution is -2.30. The highest BCUT2D eigenvalue weighted by Gasteiger charge is 2.41. The van der Waals surface area contributed by atoms with Crippen LogP contribution in [-0.4, -0.2) is 31.3 Å². The maximum atomic E-state index is 14.0. The van der Waals surface area contributed by atoms with Gasteiger partial charge in [-0.05, 0) is 50.2 Å². The predicted molar refractivity (Wildman–Crippen MR) is 116 cm³/mol. The largest absolute Gasteiger partial charge is 0.466 e. The first-order valence-electron chi connectivity index (χ1n) is 9.48. The number of rotatable bonds is 7. The molecule has 2 unspecified atom stereocenters. The van der Waals surface area contributed by atoms with Gasteiger partial charge >= 0.3 is 11.9 Å². The van der Waals surface area contributed by atoms with E-state index in [-0.39, 0.29) is 25.8 Å². The van der Waals surface area contributed by atoms with Crippen LogP contribution >= 0.6 is 30.6 Å². The number of hydrogen-bond donors (Lipinski definition) is 0. The van der Waals surface area contributed by atoms with E-state index in [9.17, 15) is 14.2 Å². The number of carbonyl (C=O) groups excluding carboxylic acids is 2. The van der Waals surface area contributed by atoms with Gasteiger partial charge in [0, 0.05) is 21.2 Å². The first-order chi connectivity index (χ1) is 14.3. The molecular weight excluding hydrogens is 450 g/mol. The molecule has 0 fully saturated rings. The van der Waals surface area contributed by atoms with Crippen molar-refractivity contribution in [3.05, 3.63) is 46.4 Å². The molecule has 1 aliphatic heterocycles. The predicted octanol–water partition coefficient (Wildman–Crippen LogP) is 5.09. The molecule has 0 aliphatic carbocycles. The number of fused-ring (bicyclic) bond motifs is 3. The van der Waals surface area contributed by atoms with E-state index >= 15 is 0 Å². The van der Waals surface area contributed by atoms with Crippen LogP contribution in [0.25, 0.3) is 11.1 Å². The maximum absolute atomic E-state index is 14.0. The van der Waals surface area contributed by atoms with Gasteiger partial charge in [0.15, 0.2) is 0 Å². The monoisotopic (exact) mass is 470 g/mol. The van der Waals surface area contributed by atoms with Crippen LogP contribution in [0.3, 0.4) is 0 Å². The summed E-state index contributed by atoms with van der Waals surface area (Å²) in [4.78, 5) is 24.6. The van der Waals surface area contributed by atoms with Gasteiger partial charge in [-0.2, -0.15) is 0 Å². The normalized spacial score (nSPS) is 17.9. The Morgan fingerprint density at radius 3 is 2.30 bits per heavy atom. The summed E-state index contributed by atoms with van der Waals surface area (Å²) < 4.78 is 30.0. The molecule has 0 spiro atoms. The third-order valence-corrected chi connectivity index (χ3v) is 7.61. The molecule has 0 saturated heterocycles. The van der Waals surface area contributed by atoms with Gasteiger partial charge in [0.05, 0.1) is 37.0 Å². The molecule has 2 aromatic rings. The molecule has 0 bridgehead atoms. The van der Waals surface area contributed by atoms with Gasteiger partial charge in [-0.15, -0.1) is 0 Å². The number of hydrogen-bond acceptors (Lipinski definition) is 6. The molecule has 2 atom stereocenters. The molecule has 0 aromatic heterocycles. The van der Waals surface area contributed by atoms with Gasteiger partial charge in [0.1, 0.15) is 5.75 Å². The summed E-state index contributed by atoms with van der Waals surface area (Å²) in [7, 11) is -3.59. The van der Waals surface area contributed by atoms with Crippen LogP contribution in [0.5, 0.6) is 5.75 Å². The van der Waals surface area contributed by atoms with E-state index in [1.54, 1.807) is 50.2 Å². The summed E-state index contributed by atoms with van der Waals surface area (Å²) in [6.07, 6.45) is -0.461. The van der Waals surface area contributed by atoms with Gasteiger partial charge in [0.2, 0.25) is 0 Å². The molecule has 0 radical (unpaired) electrons. The molecule has 1 aliphatic rings. The minimum atomic E-state index is -3.59. The minimum Gasteiger partial charge on any atom is -0.466 e. The number of ether oxygens (including phenoxy) is 2. The fourth-order valence-electron chi connectivity index (χ4n) is 3.35. The summed E-state index contributed by atoms with van der Waals surface area (Å²) >= 11 is 12.3. The summed E-state index contributed by atoms with van der Waals surface area (Å²) in [5, 5.41) is 1.37. The van der Waals surface area contributed by atoms with Crippen LogP contribution in [0.1, 0.15) is 20.3 Å². The Kier molecular flexibility index (Phi) is 7.12. The Bertz CT molecular complexity index is 1020. The average molecular weight is 471 g/mol. The summed E-state index contributed by atoms with van der Waals surface area (Å²) in [6.45, 7) is 3.65. The Hall–Kier alpha value is -2.01. The van der Waals surface area contributed by atoms with Gasteiger partial charge < -0.3 is 14.0 Å². The zero-order valence-corrected chi connectivity index (χ0v) is 18.9. The number of esters is 2. The van der Waals surface area contributed by atoms with Gasteiger partial charge in [-0.25, -0.2) is 0 Å². The standard InChI is InChI=1S/C21H21Cl2O6P/c1-3-27-20(24)9-13(21(25)28-4-2)12-30(26)19-8-6-15(23)11-17(19)16-10-14(22)5-7-18(16)29-30/h5-8,10-11,13H,3-4,9,12H2,1-2H3. The van der Waals surface area contributed by atoms with Gasteiger partial charge in [-0.1, -0.05) is 23.2 Å². The molecule has 3 rings (SSSR count). The van der Waals surface area contributed by atoms with Crippen LogP contribution < -0.4 is 9.83 Å². The van der Waals surface area contributed by atoms with E-state index in [0.717, 1.165) is 0 Å². The van der Waals surface area contributed by atoms with Crippen molar-refractivity contribution in [2.45, 2.75) is 20.3 Å². The van der Waals surface area contributed by atoms with Crippen LogP contribution in [0.4, 0.5) is 0 Å². The first-order valence-corrected chi connectivity index (χ1v) is 12.0. The molecule has 1 heterocycles. The van der Waals surface area contributed by atoms with Crippen molar-refractivity contribution >= 4 is 47.8 Å². The van der Waals surface area contributed by atoms with Crippen LogP contribution in [0.15, 0.2) is 36.4 Å². The van der Waals surface area contributed by atoms with Crippen molar-refractivity contribution in [3.63, 3.8) is 0 Å². The number of benzene rings is 2. The van der Waals surface area contributed by atoms with Crippen molar-refractivity contribution in [2.75, 3.05) is 19.4 Å². The topological polar surface area (TPSA) is 78.9 Å². The SMILES string of the molecule is CCOC(=O)CC(CP1(=O)Oc2ccc(Cl)cc2-c2cc(Cl)ccc21)C(=O)OCC. The van der Waals surface area contributed by atoms with Crippen molar-refractivity contribution in [1.29, 1.82) is 0 Å². The number of halogens is 2. The lowest BCUT2D eigenvalue weighted by molar-refractivity contribution is -0.153. The van der Waals surface area contributed by atoms with Crippen LogP contribution in [-0.2, 0) is 23.6 Å². The molecular formula is C21H21Cl2O6P. The lowest BCUT2D eigenvalue weighted by atomic mass is 10.0. The Morgan fingerprint density at radius 1 is 1.00 bits per heavy atom. The van der Waals surface area contributed by atoms with Crippen molar-refractivity contribution in [1.82, 2.24) is 0 Å². The van der Waals surface area contributed by atoms with E-state index in [2.05, 4.69) is 0 Å². The van der Waals surface area contributed by atoms with Crippen molar-refractivity contribution < 1.29 is 28.2 Å². The molecule has 0 saturated carbocycles. The quantitative estimate of drug-likeness (QED) is 0.414. The van der Waals surface area contributed by atoms with Crippen molar-refractivity contribution in [2.24, 2.45) is 5.92 Å². The third kappa shape index (κ3) is 4.83. The Balaban J connectivity index is 2.03. The van der Waals surface area contributed by atoms with E-state index < -0.39 is 25.2 Å². The highest BCUT2D eigenvalue weighted by Crippen LogP contribution is 2.56. The molecule has 2 aromatic carbocycles. The first kappa shape index (κ1) is 22.7. The Morgan fingerprint density at radius 2 is 1.63 bits per heavy atom. The minimum absolute atomic E-state index is 0.136. The number of carbonyl (C=O) groups is 2. The van der Waals surface area contributed by atoms with E-state index in [4.69, 9.17) is 37.2 Å². The summed E-state index contributed by atoms with van der Waals surface area (Å²) in [5.41, 5.74) is 1.28. The fourth-order valence-corrected chi connectivity index (χ4v) is 6.25. The van der Waals surface area contributed by atoms with Gasteiger partial charge in [-0.3, -0.25) is 14.2 Å². The highest BCUT2D eigenvalue weighted by molar-refractivity contribution is 7.67. The molecule has 30 heavy (non-hydrogen) atoms. The van der Waals surface area contributed by atoms with Crippen LogP contribution in [0.2, 0.25) is 10.0 Å². The van der Waals surface area contributed by atoms with E-state index in [1.807, 2.05) is 0 Å². The van der Waals surface area contributed by atoms with Gasteiger partial charge in [0.25, 0.3) is 7.37 Å². The molecule has 6 nitrogen and oxygen atoms in total. The molecule has 0 N–H and O–H groups in total. The molecule has 9 heteroatoms. The summed E-state index contributed by atoms with van der Waals surface area (Å²) in [6, 6.07) is 9.87.